The molecule has 0 unspecified atom stereocenters. The SMILES string of the molecule is C[C@@H]1CN(C(=O)c2ccc(CNC(=O)c3cccs3)cc2)C[C@@H](C)O1. The van der Waals surface area contributed by atoms with E-state index >= 15 is 0 Å². The Labute approximate surface area is 151 Å². The third-order valence-corrected chi connectivity index (χ3v) is 4.97. The van der Waals surface area contributed by atoms with Crippen LogP contribution in [0.15, 0.2) is 41.8 Å². The predicted molar refractivity (Wildman–Crippen MR) is 97.8 cm³/mol. The van der Waals surface area contributed by atoms with Crippen LogP contribution in [0.1, 0.15) is 39.4 Å². The van der Waals surface area contributed by atoms with Crippen LogP contribution >= 0.6 is 11.3 Å². The van der Waals surface area contributed by atoms with E-state index in [-0.39, 0.29) is 24.0 Å². The molecule has 5 nitrogen and oxygen atoms in total. The fourth-order valence-corrected chi connectivity index (χ4v) is 3.61. The van der Waals surface area contributed by atoms with Gasteiger partial charge in [-0.2, -0.15) is 0 Å². The van der Waals surface area contributed by atoms with Crippen LogP contribution in [0, 0.1) is 0 Å². The molecule has 132 valence electrons. The van der Waals surface area contributed by atoms with Crippen molar-refractivity contribution in [2.45, 2.75) is 32.6 Å². The van der Waals surface area contributed by atoms with E-state index in [0.717, 1.165) is 5.56 Å². The van der Waals surface area contributed by atoms with Crippen LogP contribution in [0.2, 0.25) is 0 Å². The number of hydrogen-bond donors (Lipinski definition) is 1. The number of morpholine rings is 1. The average molecular weight is 358 g/mol. The van der Waals surface area contributed by atoms with Crippen molar-refractivity contribution in [3.8, 4) is 0 Å². The molecule has 2 amide bonds. The zero-order chi connectivity index (χ0) is 17.8. The van der Waals surface area contributed by atoms with Crippen molar-refractivity contribution in [2.75, 3.05) is 13.1 Å². The summed E-state index contributed by atoms with van der Waals surface area (Å²) < 4.78 is 5.67. The summed E-state index contributed by atoms with van der Waals surface area (Å²) in [6, 6.07) is 11.1. The second kappa shape index (κ2) is 7.80. The lowest BCUT2D eigenvalue weighted by molar-refractivity contribution is -0.0586. The molecule has 1 N–H and O–H groups in total. The normalized spacial score (nSPS) is 20.3. The summed E-state index contributed by atoms with van der Waals surface area (Å²) in [5.41, 5.74) is 1.62. The molecule has 0 spiro atoms. The number of nitrogens with zero attached hydrogens (tertiary/aromatic N) is 1. The lowest BCUT2D eigenvalue weighted by Gasteiger charge is -2.35. The Hall–Kier alpha value is -2.18. The lowest BCUT2D eigenvalue weighted by Crippen LogP contribution is -2.48. The van der Waals surface area contributed by atoms with Crippen molar-refractivity contribution in [1.82, 2.24) is 10.2 Å². The van der Waals surface area contributed by atoms with E-state index in [2.05, 4.69) is 5.32 Å². The Morgan fingerprint density at radius 2 is 1.84 bits per heavy atom. The molecule has 0 saturated carbocycles. The molecule has 3 rings (SSSR count). The quantitative estimate of drug-likeness (QED) is 0.914. The van der Waals surface area contributed by atoms with Gasteiger partial charge in [0.05, 0.1) is 17.1 Å². The zero-order valence-electron chi connectivity index (χ0n) is 14.4. The molecular formula is C19H22N2O3S. The summed E-state index contributed by atoms with van der Waals surface area (Å²) in [4.78, 5) is 27.1. The number of hydrogen-bond acceptors (Lipinski definition) is 4. The fraction of sp³-hybridized carbons (Fsp3) is 0.368. The van der Waals surface area contributed by atoms with Gasteiger partial charge in [-0.1, -0.05) is 18.2 Å². The first-order chi connectivity index (χ1) is 12.0. The van der Waals surface area contributed by atoms with Gasteiger partial charge in [0.1, 0.15) is 0 Å². The van der Waals surface area contributed by atoms with Crippen LogP contribution in [-0.2, 0) is 11.3 Å². The lowest BCUT2D eigenvalue weighted by atomic mass is 10.1. The maximum atomic E-state index is 12.6. The van der Waals surface area contributed by atoms with Gasteiger partial charge in [-0.25, -0.2) is 0 Å². The number of carbonyl (C=O) groups is 2. The molecule has 0 radical (unpaired) electrons. The van der Waals surface area contributed by atoms with E-state index in [9.17, 15) is 9.59 Å². The minimum atomic E-state index is -0.0774. The van der Waals surface area contributed by atoms with Crippen molar-refractivity contribution < 1.29 is 14.3 Å². The van der Waals surface area contributed by atoms with E-state index in [4.69, 9.17) is 4.74 Å². The van der Waals surface area contributed by atoms with Gasteiger partial charge in [0.25, 0.3) is 11.8 Å². The summed E-state index contributed by atoms with van der Waals surface area (Å²) in [6.07, 6.45) is 0.110. The number of nitrogens with one attached hydrogen (secondary N) is 1. The van der Waals surface area contributed by atoms with Crippen LogP contribution in [-0.4, -0.2) is 42.0 Å². The van der Waals surface area contributed by atoms with Crippen molar-refractivity contribution in [1.29, 1.82) is 0 Å². The van der Waals surface area contributed by atoms with Crippen molar-refractivity contribution in [3.63, 3.8) is 0 Å². The minimum Gasteiger partial charge on any atom is -0.372 e. The molecule has 1 fully saturated rings. The second-order valence-electron chi connectivity index (χ2n) is 6.32. The van der Waals surface area contributed by atoms with Gasteiger partial charge in [0.15, 0.2) is 0 Å². The molecule has 2 heterocycles. The predicted octanol–water partition coefficient (Wildman–Crippen LogP) is 2.93. The van der Waals surface area contributed by atoms with Crippen molar-refractivity contribution >= 4 is 23.2 Å². The van der Waals surface area contributed by atoms with Crippen LogP contribution in [0.3, 0.4) is 0 Å². The van der Waals surface area contributed by atoms with E-state index in [0.29, 0.717) is 30.1 Å². The highest BCUT2D eigenvalue weighted by atomic mass is 32.1. The summed E-state index contributed by atoms with van der Waals surface area (Å²) in [7, 11) is 0. The smallest absolute Gasteiger partial charge is 0.261 e. The first-order valence-corrected chi connectivity index (χ1v) is 9.26. The third-order valence-electron chi connectivity index (χ3n) is 4.11. The van der Waals surface area contributed by atoms with Gasteiger partial charge >= 0.3 is 0 Å². The van der Waals surface area contributed by atoms with Crippen molar-refractivity contribution in [3.05, 3.63) is 57.8 Å². The summed E-state index contributed by atoms with van der Waals surface area (Å²) >= 11 is 1.42. The highest BCUT2D eigenvalue weighted by Crippen LogP contribution is 2.15. The molecule has 2 atom stereocenters. The van der Waals surface area contributed by atoms with E-state index in [1.807, 2.05) is 54.5 Å². The van der Waals surface area contributed by atoms with Crippen LogP contribution in [0.4, 0.5) is 0 Å². The molecule has 6 heteroatoms. The Kier molecular flexibility index (Phi) is 5.50. The number of rotatable bonds is 4. The molecule has 2 aromatic rings. The zero-order valence-corrected chi connectivity index (χ0v) is 15.2. The molecule has 25 heavy (non-hydrogen) atoms. The van der Waals surface area contributed by atoms with E-state index < -0.39 is 0 Å². The Bertz CT molecular complexity index is 718. The van der Waals surface area contributed by atoms with Gasteiger partial charge in [-0.3, -0.25) is 9.59 Å². The highest BCUT2D eigenvalue weighted by molar-refractivity contribution is 7.12. The minimum absolute atomic E-state index is 0.0242. The maximum absolute atomic E-state index is 12.6. The Morgan fingerprint density at radius 1 is 1.16 bits per heavy atom. The second-order valence-corrected chi connectivity index (χ2v) is 7.27. The fourth-order valence-electron chi connectivity index (χ4n) is 2.97. The first-order valence-electron chi connectivity index (χ1n) is 8.38. The van der Waals surface area contributed by atoms with Crippen LogP contribution in [0.25, 0.3) is 0 Å². The Balaban J connectivity index is 1.58. The number of ether oxygens (including phenoxy) is 1. The number of thiophene rings is 1. The summed E-state index contributed by atoms with van der Waals surface area (Å²) in [5, 5.41) is 4.76. The van der Waals surface area contributed by atoms with Crippen molar-refractivity contribution in [2.24, 2.45) is 0 Å². The van der Waals surface area contributed by atoms with Gasteiger partial charge in [0.2, 0.25) is 0 Å². The topological polar surface area (TPSA) is 58.6 Å². The summed E-state index contributed by atoms with van der Waals surface area (Å²) in [5.74, 6) is -0.0531. The van der Waals surface area contributed by atoms with Crippen LogP contribution < -0.4 is 5.32 Å². The highest BCUT2D eigenvalue weighted by Gasteiger charge is 2.26. The molecule has 1 aromatic carbocycles. The molecule has 1 aliphatic heterocycles. The average Bonchev–Trinajstić information content (AvgIpc) is 3.13. The molecule has 1 aromatic heterocycles. The van der Waals surface area contributed by atoms with Gasteiger partial charge in [0, 0.05) is 25.2 Å². The largest absolute Gasteiger partial charge is 0.372 e. The monoisotopic (exact) mass is 358 g/mol. The Morgan fingerprint density at radius 3 is 2.44 bits per heavy atom. The van der Waals surface area contributed by atoms with Gasteiger partial charge < -0.3 is 15.0 Å². The van der Waals surface area contributed by atoms with Gasteiger partial charge in [-0.15, -0.1) is 11.3 Å². The standard InChI is InChI=1S/C19H22N2O3S/c1-13-11-21(12-14(2)24-13)19(23)16-7-5-15(6-8-16)10-20-18(22)17-4-3-9-25-17/h3-9,13-14H,10-12H2,1-2H3,(H,20,22)/t13-,14-/m1/s1. The van der Waals surface area contributed by atoms with E-state index in [1.54, 1.807) is 6.07 Å². The molecule has 0 aliphatic carbocycles. The number of amides is 2. The van der Waals surface area contributed by atoms with Crippen LogP contribution in [0.5, 0.6) is 0 Å². The molecular weight excluding hydrogens is 336 g/mol. The maximum Gasteiger partial charge on any atom is 0.261 e. The van der Waals surface area contributed by atoms with Gasteiger partial charge in [-0.05, 0) is 43.0 Å². The molecule has 1 aliphatic rings. The first kappa shape index (κ1) is 17.6. The number of benzene rings is 1. The summed E-state index contributed by atoms with van der Waals surface area (Å²) in [6.45, 7) is 5.63. The third kappa shape index (κ3) is 4.46. The number of carbonyl (C=O) groups excluding carboxylic acids is 2. The van der Waals surface area contributed by atoms with E-state index in [1.165, 1.54) is 11.3 Å². The molecule has 1 saturated heterocycles. The molecule has 0 bridgehead atoms.